The highest BCUT2D eigenvalue weighted by molar-refractivity contribution is 7.13. The number of nitrogens with zero attached hydrogens (tertiary/aromatic N) is 3. The van der Waals surface area contributed by atoms with Gasteiger partial charge in [0.1, 0.15) is 17.3 Å². The Kier molecular flexibility index (Phi) is 4.45. The minimum atomic E-state index is -0.345. The van der Waals surface area contributed by atoms with Crippen LogP contribution in [0.5, 0.6) is 0 Å². The number of anilines is 1. The van der Waals surface area contributed by atoms with E-state index in [1.54, 1.807) is 7.05 Å². The van der Waals surface area contributed by atoms with Gasteiger partial charge in [0.15, 0.2) is 0 Å². The number of hydrogen-bond donors (Lipinski definition) is 1. The molecule has 3 rings (SSSR count). The molecule has 0 radical (unpaired) electrons. The smallest absolute Gasteiger partial charge is 0.273 e. The molecule has 0 fully saturated rings. The molecule has 5 nitrogen and oxygen atoms in total. The van der Waals surface area contributed by atoms with Gasteiger partial charge in [-0.1, -0.05) is 35.9 Å². The highest BCUT2D eigenvalue weighted by atomic mass is 32.1. The van der Waals surface area contributed by atoms with Crippen LogP contribution >= 0.6 is 11.3 Å². The molecule has 1 aromatic carbocycles. The second-order valence-corrected chi connectivity index (χ2v) is 6.40. The minimum Gasteiger partial charge on any atom is -0.351 e. The molecule has 0 spiro atoms. The number of benzene rings is 1. The Morgan fingerprint density at radius 1 is 1.29 bits per heavy atom. The van der Waals surface area contributed by atoms with Crippen molar-refractivity contribution < 1.29 is 0 Å². The summed E-state index contributed by atoms with van der Waals surface area (Å²) >= 11 is 1.46. The molecule has 0 aliphatic rings. The van der Waals surface area contributed by atoms with E-state index in [1.807, 2.05) is 54.8 Å². The Hall–Kier alpha value is -2.91. The van der Waals surface area contributed by atoms with Crippen LogP contribution in [0.1, 0.15) is 16.7 Å². The molecular weight excluding hydrogens is 320 g/mol. The van der Waals surface area contributed by atoms with Crippen LogP contribution in [0.15, 0.2) is 46.6 Å². The van der Waals surface area contributed by atoms with Gasteiger partial charge in [-0.3, -0.25) is 9.36 Å². The lowest BCUT2D eigenvalue weighted by Crippen LogP contribution is -2.25. The van der Waals surface area contributed by atoms with Crippen molar-refractivity contribution in [1.82, 2.24) is 9.55 Å². The lowest BCUT2D eigenvalue weighted by Gasteiger charge is -2.12. The summed E-state index contributed by atoms with van der Waals surface area (Å²) in [6, 6.07) is 13.9. The van der Waals surface area contributed by atoms with Gasteiger partial charge < -0.3 is 5.32 Å². The summed E-state index contributed by atoms with van der Waals surface area (Å²) in [4.78, 5) is 17.8. The molecule has 120 valence electrons. The first kappa shape index (κ1) is 16.0. The lowest BCUT2D eigenvalue weighted by atomic mass is 10.1. The van der Waals surface area contributed by atoms with Gasteiger partial charge >= 0.3 is 0 Å². The second kappa shape index (κ2) is 6.69. The van der Waals surface area contributed by atoms with Crippen LogP contribution in [0.2, 0.25) is 0 Å². The van der Waals surface area contributed by atoms with Gasteiger partial charge in [-0.05, 0) is 23.9 Å². The third kappa shape index (κ3) is 3.07. The number of nitrogens with one attached hydrogen (secondary N) is 1. The maximum absolute atomic E-state index is 12.5. The van der Waals surface area contributed by atoms with Crippen LogP contribution in [0.3, 0.4) is 0 Å². The van der Waals surface area contributed by atoms with Crippen LogP contribution in [0, 0.1) is 18.3 Å². The zero-order valence-corrected chi connectivity index (χ0v) is 14.2. The van der Waals surface area contributed by atoms with Crippen molar-refractivity contribution in [2.45, 2.75) is 13.5 Å². The number of hydrogen-bond acceptors (Lipinski definition) is 5. The number of aryl methyl sites for hydroxylation is 1. The van der Waals surface area contributed by atoms with Crippen molar-refractivity contribution in [2.24, 2.45) is 7.05 Å². The summed E-state index contributed by atoms with van der Waals surface area (Å²) in [6.07, 6.45) is 0. The van der Waals surface area contributed by atoms with Gasteiger partial charge in [-0.2, -0.15) is 5.26 Å². The van der Waals surface area contributed by atoms with Gasteiger partial charge in [0.05, 0.1) is 4.88 Å². The van der Waals surface area contributed by atoms with E-state index in [4.69, 9.17) is 0 Å². The Balaban J connectivity index is 1.98. The zero-order valence-electron chi connectivity index (χ0n) is 13.4. The first-order valence-electron chi connectivity index (χ1n) is 7.44. The normalized spacial score (nSPS) is 10.4. The summed E-state index contributed by atoms with van der Waals surface area (Å²) in [5.41, 5.74) is 2.45. The van der Waals surface area contributed by atoms with E-state index in [1.165, 1.54) is 21.5 Å². The summed E-state index contributed by atoms with van der Waals surface area (Å²) in [6.45, 7) is 2.59. The van der Waals surface area contributed by atoms with E-state index in [0.717, 1.165) is 10.4 Å². The Morgan fingerprint density at radius 3 is 2.67 bits per heavy atom. The molecule has 0 aliphatic carbocycles. The molecule has 6 heteroatoms. The third-order valence-corrected chi connectivity index (χ3v) is 4.60. The lowest BCUT2D eigenvalue weighted by molar-refractivity contribution is 0.819. The van der Waals surface area contributed by atoms with E-state index in [0.29, 0.717) is 18.2 Å². The van der Waals surface area contributed by atoms with Crippen molar-refractivity contribution in [3.63, 3.8) is 0 Å². The van der Waals surface area contributed by atoms with Gasteiger partial charge in [-0.25, -0.2) is 4.98 Å². The second-order valence-electron chi connectivity index (χ2n) is 5.45. The fourth-order valence-corrected chi connectivity index (χ4v) is 3.06. The van der Waals surface area contributed by atoms with Gasteiger partial charge in [0.25, 0.3) is 5.56 Å². The maximum Gasteiger partial charge on any atom is 0.273 e. The maximum atomic E-state index is 12.5. The SMILES string of the molecule is Cc1ccc(CNc2nc(-c3cccs3)c(C#N)c(=O)n2C)cc1. The largest absolute Gasteiger partial charge is 0.351 e. The highest BCUT2D eigenvalue weighted by Gasteiger charge is 2.16. The van der Waals surface area contributed by atoms with Crippen molar-refractivity contribution in [1.29, 1.82) is 5.26 Å². The van der Waals surface area contributed by atoms with E-state index in [-0.39, 0.29) is 11.1 Å². The Bertz CT molecular complexity index is 950. The van der Waals surface area contributed by atoms with Crippen LogP contribution in [0.25, 0.3) is 10.6 Å². The van der Waals surface area contributed by atoms with Crippen LogP contribution in [-0.2, 0) is 13.6 Å². The van der Waals surface area contributed by atoms with Crippen LogP contribution in [-0.4, -0.2) is 9.55 Å². The molecule has 0 amide bonds. The molecular formula is C18H16N4OS. The molecule has 0 saturated carbocycles. The molecule has 2 heterocycles. The average Bonchev–Trinajstić information content (AvgIpc) is 3.12. The van der Waals surface area contributed by atoms with E-state index >= 15 is 0 Å². The summed E-state index contributed by atoms with van der Waals surface area (Å²) < 4.78 is 1.38. The Morgan fingerprint density at radius 2 is 2.04 bits per heavy atom. The molecule has 0 saturated heterocycles. The van der Waals surface area contributed by atoms with Gasteiger partial charge in [-0.15, -0.1) is 11.3 Å². The Labute approximate surface area is 143 Å². The number of aromatic nitrogens is 2. The number of thiophene rings is 1. The first-order chi connectivity index (χ1) is 11.6. The number of nitriles is 1. The van der Waals surface area contributed by atoms with Crippen molar-refractivity contribution in [3.8, 4) is 16.6 Å². The molecule has 0 aliphatic heterocycles. The monoisotopic (exact) mass is 336 g/mol. The molecule has 0 atom stereocenters. The van der Waals surface area contributed by atoms with E-state index < -0.39 is 0 Å². The van der Waals surface area contributed by atoms with Gasteiger partial charge in [0, 0.05) is 13.6 Å². The standard InChI is InChI=1S/C18H16N4OS/c1-12-5-7-13(8-6-12)11-20-18-21-16(15-4-3-9-24-15)14(10-19)17(23)22(18)2/h3-9H,11H2,1-2H3,(H,20,21). The van der Waals surface area contributed by atoms with Crippen LogP contribution in [0.4, 0.5) is 5.95 Å². The topological polar surface area (TPSA) is 70.7 Å². The van der Waals surface area contributed by atoms with Crippen molar-refractivity contribution >= 4 is 17.3 Å². The van der Waals surface area contributed by atoms with Crippen molar-refractivity contribution in [3.05, 3.63) is 68.8 Å². The summed E-state index contributed by atoms with van der Waals surface area (Å²) in [5.74, 6) is 0.447. The predicted molar refractivity (Wildman–Crippen MR) is 96.0 cm³/mol. The zero-order chi connectivity index (χ0) is 17.1. The number of rotatable bonds is 4. The van der Waals surface area contributed by atoms with Crippen LogP contribution < -0.4 is 10.9 Å². The molecule has 0 unspecified atom stereocenters. The van der Waals surface area contributed by atoms with Crippen molar-refractivity contribution in [2.75, 3.05) is 5.32 Å². The molecule has 1 N–H and O–H groups in total. The fraction of sp³-hybridized carbons (Fsp3) is 0.167. The average molecular weight is 336 g/mol. The molecule has 3 aromatic rings. The molecule has 2 aromatic heterocycles. The quantitative estimate of drug-likeness (QED) is 0.793. The fourth-order valence-electron chi connectivity index (χ4n) is 2.34. The minimum absolute atomic E-state index is 0.0702. The first-order valence-corrected chi connectivity index (χ1v) is 8.32. The summed E-state index contributed by atoms with van der Waals surface area (Å²) in [5, 5.41) is 14.4. The predicted octanol–water partition coefficient (Wildman–Crippen LogP) is 3.30. The third-order valence-electron chi connectivity index (χ3n) is 3.73. The molecule has 24 heavy (non-hydrogen) atoms. The summed E-state index contributed by atoms with van der Waals surface area (Å²) in [7, 11) is 1.62. The van der Waals surface area contributed by atoms with E-state index in [9.17, 15) is 10.1 Å². The van der Waals surface area contributed by atoms with Gasteiger partial charge in [0.2, 0.25) is 5.95 Å². The highest BCUT2D eigenvalue weighted by Crippen LogP contribution is 2.25. The molecule has 0 bridgehead atoms. The van der Waals surface area contributed by atoms with E-state index in [2.05, 4.69) is 10.3 Å².